The quantitative estimate of drug-likeness (QED) is 0.512. The molecule has 0 saturated carbocycles. The van der Waals surface area contributed by atoms with Crippen LogP contribution in [0.5, 0.6) is 0 Å². The summed E-state index contributed by atoms with van der Waals surface area (Å²) < 4.78 is 50.8. The molecule has 0 saturated heterocycles. The van der Waals surface area contributed by atoms with Crippen LogP contribution in [0.2, 0.25) is 0 Å². The van der Waals surface area contributed by atoms with Crippen LogP contribution in [0, 0.1) is 0 Å². The third-order valence-electron chi connectivity index (χ3n) is 2.48. The topological polar surface area (TPSA) is 0 Å². The van der Waals surface area contributed by atoms with Gasteiger partial charge in [0.15, 0.2) is 5.16 Å². The predicted octanol–water partition coefficient (Wildman–Crippen LogP) is 5.77. The van der Waals surface area contributed by atoms with E-state index >= 15 is 0 Å². The summed E-state index contributed by atoms with van der Waals surface area (Å²) in [5, 5.41) is -0.476. The van der Waals surface area contributed by atoms with Crippen LogP contribution in [0.3, 0.4) is 0 Å². The van der Waals surface area contributed by atoms with Crippen LogP contribution in [0.1, 0.15) is 11.1 Å². The number of hydrogen-bond donors (Lipinski definition) is 0. The van der Waals surface area contributed by atoms with Crippen LogP contribution in [0.15, 0.2) is 64.7 Å². The highest BCUT2D eigenvalue weighted by molar-refractivity contribution is 8.03. The van der Waals surface area contributed by atoms with Crippen molar-refractivity contribution in [2.45, 2.75) is 11.1 Å². The number of benzene rings is 2. The summed E-state index contributed by atoms with van der Waals surface area (Å²) in [6.45, 7) is 0. The Morgan fingerprint density at radius 3 is 2.05 bits per heavy atom. The zero-order valence-electron chi connectivity index (χ0n) is 10.2. The Morgan fingerprint density at radius 2 is 1.50 bits per heavy atom. The maximum atomic E-state index is 13.7. The van der Waals surface area contributed by atoms with Gasteiger partial charge in [0.2, 0.25) is 0 Å². The van der Waals surface area contributed by atoms with Crippen molar-refractivity contribution >= 4 is 17.8 Å². The van der Waals surface area contributed by atoms with Crippen LogP contribution in [0.4, 0.5) is 17.6 Å². The SMILES string of the molecule is F/C(=C\c1ccc(C(F)(F)F)cc1)Sc1ccccc1. The second-order valence-corrected chi connectivity index (χ2v) is 5.05. The first-order valence-electron chi connectivity index (χ1n) is 5.72. The summed E-state index contributed by atoms with van der Waals surface area (Å²) in [4.78, 5) is 0.730. The maximum Gasteiger partial charge on any atom is 0.416 e. The van der Waals surface area contributed by atoms with E-state index in [4.69, 9.17) is 0 Å². The molecule has 104 valence electrons. The smallest absolute Gasteiger partial charge is 0.199 e. The Bertz CT molecular complexity index is 586. The molecule has 0 amide bonds. The number of halogens is 4. The zero-order valence-corrected chi connectivity index (χ0v) is 11.0. The minimum Gasteiger partial charge on any atom is -0.199 e. The van der Waals surface area contributed by atoms with Crippen molar-refractivity contribution in [1.29, 1.82) is 0 Å². The van der Waals surface area contributed by atoms with E-state index in [0.29, 0.717) is 5.56 Å². The lowest BCUT2D eigenvalue weighted by Gasteiger charge is -2.06. The van der Waals surface area contributed by atoms with Gasteiger partial charge in [0.05, 0.1) is 5.56 Å². The normalized spacial score (nSPS) is 12.5. The van der Waals surface area contributed by atoms with E-state index in [0.717, 1.165) is 28.8 Å². The highest BCUT2D eigenvalue weighted by Gasteiger charge is 2.29. The molecule has 0 aliphatic carbocycles. The first-order chi connectivity index (χ1) is 9.45. The van der Waals surface area contributed by atoms with E-state index in [1.54, 1.807) is 24.3 Å². The number of thioether (sulfide) groups is 1. The van der Waals surface area contributed by atoms with E-state index in [-0.39, 0.29) is 0 Å². The third kappa shape index (κ3) is 4.13. The summed E-state index contributed by atoms with van der Waals surface area (Å²) in [6.07, 6.45) is -3.17. The molecule has 0 aliphatic heterocycles. The highest BCUT2D eigenvalue weighted by Crippen LogP contribution is 2.31. The molecule has 2 aromatic carbocycles. The van der Waals surface area contributed by atoms with Crippen molar-refractivity contribution in [1.82, 2.24) is 0 Å². The van der Waals surface area contributed by atoms with Gasteiger partial charge >= 0.3 is 6.18 Å². The van der Waals surface area contributed by atoms with Crippen molar-refractivity contribution in [2.75, 3.05) is 0 Å². The molecule has 0 nitrogen and oxygen atoms in total. The summed E-state index contributed by atoms with van der Waals surface area (Å²) >= 11 is 0.920. The van der Waals surface area contributed by atoms with Gasteiger partial charge in [0.1, 0.15) is 0 Å². The van der Waals surface area contributed by atoms with E-state index < -0.39 is 16.9 Å². The second-order valence-electron chi connectivity index (χ2n) is 3.98. The fraction of sp³-hybridized carbons (Fsp3) is 0.0667. The number of rotatable bonds is 3. The summed E-state index contributed by atoms with van der Waals surface area (Å²) in [5.74, 6) is 0. The molecule has 0 heterocycles. The van der Waals surface area contributed by atoms with Crippen LogP contribution in [-0.2, 0) is 6.18 Å². The van der Waals surface area contributed by atoms with E-state index in [2.05, 4.69) is 0 Å². The van der Waals surface area contributed by atoms with Gasteiger partial charge in [0, 0.05) is 4.90 Å². The molecule has 2 rings (SSSR count). The lowest BCUT2D eigenvalue weighted by atomic mass is 10.1. The van der Waals surface area contributed by atoms with Gasteiger partial charge in [-0.2, -0.15) is 17.6 Å². The standard InChI is InChI=1S/C15H10F4S/c16-14(20-13-4-2-1-3-5-13)10-11-6-8-12(9-7-11)15(17,18)19/h1-10H/b14-10+. The third-order valence-corrected chi connectivity index (χ3v) is 3.30. The van der Waals surface area contributed by atoms with Crippen molar-refractivity contribution < 1.29 is 17.6 Å². The maximum absolute atomic E-state index is 13.7. The van der Waals surface area contributed by atoms with Gasteiger partial charge in [-0.25, -0.2) is 0 Å². The fourth-order valence-electron chi connectivity index (χ4n) is 1.53. The number of alkyl halides is 3. The minimum atomic E-state index is -4.38. The van der Waals surface area contributed by atoms with Gasteiger partial charge in [-0.15, -0.1) is 0 Å². The zero-order chi connectivity index (χ0) is 14.6. The Labute approximate surface area is 118 Å². The molecule has 5 heteroatoms. The van der Waals surface area contributed by atoms with Crippen LogP contribution in [0.25, 0.3) is 6.08 Å². The van der Waals surface area contributed by atoms with E-state index in [1.807, 2.05) is 6.07 Å². The van der Waals surface area contributed by atoms with Gasteiger partial charge in [-0.05, 0) is 35.9 Å². The van der Waals surface area contributed by atoms with Crippen molar-refractivity contribution in [3.63, 3.8) is 0 Å². The minimum absolute atomic E-state index is 0.388. The predicted molar refractivity (Wildman–Crippen MR) is 72.8 cm³/mol. The van der Waals surface area contributed by atoms with Gasteiger partial charge in [0.25, 0.3) is 0 Å². The molecule has 0 unspecified atom stereocenters. The molecule has 0 atom stereocenters. The van der Waals surface area contributed by atoms with Gasteiger partial charge in [-0.1, -0.05) is 42.1 Å². The second kappa shape index (κ2) is 6.13. The average Bonchev–Trinajstić information content (AvgIpc) is 2.39. The Morgan fingerprint density at radius 1 is 0.900 bits per heavy atom. The fourth-order valence-corrected chi connectivity index (χ4v) is 2.24. The average molecular weight is 298 g/mol. The molecule has 0 radical (unpaired) electrons. The lowest BCUT2D eigenvalue weighted by molar-refractivity contribution is -0.137. The summed E-state index contributed by atoms with van der Waals surface area (Å²) in [7, 11) is 0. The molecule has 20 heavy (non-hydrogen) atoms. The van der Waals surface area contributed by atoms with E-state index in [1.165, 1.54) is 18.2 Å². The van der Waals surface area contributed by atoms with Crippen molar-refractivity contribution in [3.8, 4) is 0 Å². The molecule has 0 aliphatic rings. The van der Waals surface area contributed by atoms with Crippen molar-refractivity contribution in [3.05, 3.63) is 70.9 Å². The largest absolute Gasteiger partial charge is 0.416 e. The number of hydrogen-bond acceptors (Lipinski definition) is 1. The first-order valence-corrected chi connectivity index (χ1v) is 6.54. The molecule has 0 bridgehead atoms. The molecule has 2 aromatic rings. The monoisotopic (exact) mass is 298 g/mol. The highest BCUT2D eigenvalue weighted by atomic mass is 32.2. The molecule has 0 aromatic heterocycles. The van der Waals surface area contributed by atoms with E-state index in [9.17, 15) is 17.6 Å². The van der Waals surface area contributed by atoms with Crippen LogP contribution >= 0.6 is 11.8 Å². The Hall–Kier alpha value is -1.75. The summed E-state index contributed by atoms with van der Waals surface area (Å²) in [6, 6.07) is 13.3. The Kier molecular flexibility index (Phi) is 4.49. The first kappa shape index (κ1) is 14.7. The van der Waals surface area contributed by atoms with Gasteiger partial charge in [-0.3, -0.25) is 0 Å². The molecular weight excluding hydrogens is 288 g/mol. The van der Waals surface area contributed by atoms with Gasteiger partial charge < -0.3 is 0 Å². The van der Waals surface area contributed by atoms with Crippen LogP contribution in [-0.4, -0.2) is 0 Å². The Balaban J connectivity index is 2.10. The summed E-state index contributed by atoms with van der Waals surface area (Å²) in [5.41, 5.74) is -0.357. The van der Waals surface area contributed by atoms with Crippen molar-refractivity contribution in [2.24, 2.45) is 0 Å². The van der Waals surface area contributed by atoms with Crippen LogP contribution < -0.4 is 0 Å². The molecule has 0 spiro atoms. The molecular formula is C15H10F4S. The molecule has 0 fully saturated rings. The lowest BCUT2D eigenvalue weighted by Crippen LogP contribution is -2.03. The molecule has 0 N–H and O–H groups in total.